The number of carbonyl (C=O) groups is 2. The van der Waals surface area contributed by atoms with E-state index in [1.807, 2.05) is 29.2 Å². The number of nitrogens with one attached hydrogen (secondary N) is 1. The number of nitrogens with zero attached hydrogens (tertiary/aromatic N) is 1. The molecule has 1 fully saturated rings. The zero-order valence-electron chi connectivity index (χ0n) is 16.4. The molecule has 1 atom stereocenters. The van der Waals surface area contributed by atoms with Crippen molar-refractivity contribution in [3.05, 3.63) is 50.7 Å². The second-order valence-corrected chi connectivity index (χ2v) is 8.83. The summed E-state index contributed by atoms with van der Waals surface area (Å²) in [6.07, 6.45) is 2.40. The second-order valence-electron chi connectivity index (χ2n) is 7.69. The summed E-state index contributed by atoms with van der Waals surface area (Å²) < 4.78 is 5.34. The first kappa shape index (κ1) is 19.2. The van der Waals surface area contributed by atoms with Crippen LogP contribution in [0.15, 0.2) is 24.3 Å². The number of hydrogen-bond acceptors (Lipinski definition) is 4. The molecule has 6 heteroatoms. The van der Waals surface area contributed by atoms with Crippen molar-refractivity contribution in [3.63, 3.8) is 0 Å². The molecule has 148 valence electrons. The number of thiophene rings is 1. The Balaban J connectivity index is 1.42. The SMILES string of the molecule is Cc1ccc(NC(=O)[C@H]2CCc3sc(C(=O)N4CCOCC4)cc3C2)cc1C. The van der Waals surface area contributed by atoms with Crippen LogP contribution >= 0.6 is 11.3 Å². The fourth-order valence-corrected chi connectivity index (χ4v) is 5.01. The fourth-order valence-electron chi connectivity index (χ4n) is 3.84. The molecule has 2 aromatic rings. The number of anilines is 1. The maximum absolute atomic E-state index is 12.8. The molecule has 1 aliphatic heterocycles. The van der Waals surface area contributed by atoms with Crippen LogP contribution in [0.2, 0.25) is 0 Å². The van der Waals surface area contributed by atoms with E-state index in [2.05, 4.69) is 19.2 Å². The predicted molar refractivity (Wildman–Crippen MR) is 111 cm³/mol. The first-order valence-corrected chi connectivity index (χ1v) is 10.7. The summed E-state index contributed by atoms with van der Waals surface area (Å²) in [5, 5.41) is 3.07. The molecule has 1 saturated heterocycles. The van der Waals surface area contributed by atoms with Gasteiger partial charge in [-0.1, -0.05) is 6.07 Å². The summed E-state index contributed by atoms with van der Waals surface area (Å²) in [6, 6.07) is 8.02. The Morgan fingerprint density at radius 1 is 1.14 bits per heavy atom. The van der Waals surface area contributed by atoms with Crippen LogP contribution in [0.25, 0.3) is 0 Å². The Bertz CT molecular complexity index is 899. The minimum absolute atomic E-state index is 0.0463. The number of amides is 2. The highest BCUT2D eigenvalue weighted by molar-refractivity contribution is 7.14. The molecule has 2 aliphatic rings. The molecule has 1 N–H and O–H groups in total. The van der Waals surface area contributed by atoms with E-state index < -0.39 is 0 Å². The molecule has 0 radical (unpaired) electrons. The van der Waals surface area contributed by atoms with Gasteiger partial charge in [-0.25, -0.2) is 0 Å². The average Bonchev–Trinajstić information content (AvgIpc) is 3.14. The van der Waals surface area contributed by atoms with Crippen molar-refractivity contribution in [2.24, 2.45) is 5.92 Å². The van der Waals surface area contributed by atoms with E-state index in [0.29, 0.717) is 32.7 Å². The van der Waals surface area contributed by atoms with Crippen LogP contribution in [0.3, 0.4) is 0 Å². The first-order chi connectivity index (χ1) is 13.5. The number of rotatable bonds is 3. The fraction of sp³-hybridized carbons (Fsp3) is 0.455. The summed E-state index contributed by atoms with van der Waals surface area (Å²) in [6.45, 7) is 6.64. The van der Waals surface area contributed by atoms with Crippen molar-refractivity contribution in [3.8, 4) is 0 Å². The van der Waals surface area contributed by atoms with Gasteiger partial charge in [-0.2, -0.15) is 0 Å². The zero-order valence-corrected chi connectivity index (χ0v) is 17.2. The number of fused-ring (bicyclic) bond motifs is 1. The van der Waals surface area contributed by atoms with Crippen LogP contribution in [-0.4, -0.2) is 43.0 Å². The van der Waals surface area contributed by atoms with Crippen molar-refractivity contribution in [1.82, 2.24) is 4.90 Å². The average molecular weight is 399 g/mol. The molecule has 5 nitrogen and oxygen atoms in total. The van der Waals surface area contributed by atoms with Crippen molar-refractivity contribution < 1.29 is 14.3 Å². The van der Waals surface area contributed by atoms with Crippen molar-refractivity contribution in [2.75, 3.05) is 31.6 Å². The van der Waals surface area contributed by atoms with Gasteiger partial charge in [0.15, 0.2) is 0 Å². The monoisotopic (exact) mass is 398 g/mol. The predicted octanol–water partition coefficient (Wildman–Crippen LogP) is 3.58. The molecular formula is C22H26N2O3S. The van der Waals surface area contributed by atoms with Gasteiger partial charge in [0.05, 0.1) is 18.1 Å². The minimum atomic E-state index is -0.0463. The summed E-state index contributed by atoms with van der Waals surface area (Å²) in [7, 11) is 0. The Labute approximate surface area is 169 Å². The molecule has 2 amide bonds. The molecule has 28 heavy (non-hydrogen) atoms. The molecule has 0 spiro atoms. The largest absolute Gasteiger partial charge is 0.378 e. The zero-order chi connectivity index (χ0) is 19.7. The number of ether oxygens (including phenoxy) is 1. The summed E-state index contributed by atoms with van der Waals surface area (Å²) in [5.41, 5.74) is 4.41. The lowest BCUT2D eigenvalue weighted by Crippen LogP contribution is -2.40. The molecule has 0 bridgehead atoms. The molecule has 1 aromatic heterocycles. The Hall–Kier alpha value is -2.18. The van der Waals surface area contributed by atoms with Gasteiger partial charge in [0, 0.05) is 29.6 Å². The van der Waals surface area contributed by atoms with Crippen molar-refractivity contribution in [2.45, 2.75) is 33.1 Å². The molecule has 0 saturated carbocycles. The topological polar surface area (TPSA) is 58.6 Å². The summed E-state index contributed by atoms with van der Waals surface area (Å²) in [4.78, 5) is 29.4. The molecule has 1 aromatic carbocycles. The highest BCUT2D eigenvalue weighted by atomic mass is 32.1. The van der Waals surface area contributed by atoms with Gasteiger partial charge < -0.3 is 15.0 Å². The molecular weight excluding hydrogens is 372 g/mol. The minimum Gasteiger partial charge on any atom is -0.378 e. The summed E-state index contributed by atoms with van der Waals surface area (Å²) >= 11 is 1.59. The summed E-state index contributed by atoms with van der Waals surface area (Å²) in [5.74, 6) is 0.120. The van der Waals surface area contributed by atoms with Gasteiger partial charge in [-0.15, -0.1) is 11.3 Å². The van der Waals surface area contributed by atoms with Gasteiger partial charge in [-0.05, 0) is 68.0 Å². The molecule has 2 heterocycles. The van der Waals surface area contributed by atoms with Crippen LogP contribution in [0.1, 0.15) is 37.7 Å². The normalized spacial score (nSPS) is 19.2. The highest BCUT2D eigenvalue weighted by Crippen LogP contribution is 2.33. The van der Waals surface area contributed by atoms with Gasteiger partial charge in [0.25, 0.3) is 5.91 Å². The van der Waals surface area contributed by atoms with Crippen LogP contribution in [0.5, 0.6) is 0 Å². The lowest BCUT2D eigenvalue weighted by molar-refractivity contribution is -0.120. The lowest BCUT2D eigenvalue weighted by atomic mass is 9.87. The van der Waals surface area contributed by atoms with E-state index >= 15 is 0 Å². The lowest BCUT2D eigenvalue weighted by Gasteiger charge is -2.26. The Morgan fingerprint density at radius 3 is 2.68 bits per heavy atom. The quantitative estimate of drug-likeness (QED) is 0.860. The molecule has 4 rings (SSSR count). The standard InChI is InChI=1S/C22H26N2O3S/c1-14-3-5-18(11-15(14)2)23-21(25)16-4-6-19-17(12-16)13-20(28-19)22(26)24-7-9-27-10-8-24/h3,5,11,13,16H,4,6-10,12H2,1-2H3,(H,23,25)/t16-/m0/s1. The van der Waals surface area contributed by atoms with E-state index in [9.17, 15) is 9.59 Å². The smallest absolute Gasteiger partial charge is 0.264 e. The van der Waals surface area contributed by atoms with E-state index in [1.54, 1.807) is 11.3 Å². The van der Waals surface area contributed by atoms with Crippen LogP contribution in [0, 0.1) is 19.8 Å². The number of hydrogen-bond donors (Lipinski definition) is 1. The van der Waals surface area contributed by atoms with Gasteiger partial charge in [0.1, 0.15) is 0 Å². The maximum Gasteiger partial charge on any atom is 0.264 e. The Kier molecular flexibility index (Phi) is 5.51. The number of carbonyl (C=O) groups excluding carboxylic acids is 2. The van der Waals surface area contributed by atoms with E-state index in [1.165, 1.54) is 16.0 Å². The van der Waals surface area contributed by atoms with Crippen LogP contribution in [-0.2, 0) is 22.4 Å². The van der Waals surface area contributed by atoms with E-state index in [-0.39, 0.29) is 17.7 Å². The van der Waals surface area contributed by atoms with E-state index in [0.717, 1.165) is 29.0 Å². The first-order valence-electron chi connectivity index (χ1n) is 9.88. The number of aryl methyl sites for hydroxylation is 3. The highest BCUT2D eigenvalue weighted by Gasteiger charge is 2.29. The van der Waals surface area contributed by atoms with E-state index in [4.69, 9.17) is 4.74 Å². The van der Waals surface area contributed by atoms with Gasteiger partial charge in [-0.3, -0.25) is 9.59 Å². The third-order valence-corrected chi connectivity index (χ3v) is 6.96. The maximum atomic E-state index is 12.8. The molecule has 0 unspecified atom stereocenters. The number of morpholine rings is 1. The second kappa shape index (κ2) is 8.05. The van der Waals surface area contributed by atoms with Gasteiger partial charge >= 0.3 is 0 Å². The third-order valence-electron chi connectivity index (χ3n) is 5.74. The molecule has 1 aliphatic carbocycles. The van der Waals surface area contributed by atoms with Crippen molar-refractivity contribution >= 4 is 28.8 Å². The van der Waals surface area contributed by atoms with Crippen molar-refractivity contribution in [1.29, 1.82) is 0 Å². The third kappa shape index (κ3) is 3.98. The van der Waals surface area contributed by atoms with Crippen LogP contribution < -0.4 is 5.32 Å². The van der Waals surface area contributed by atoms with Crippen LogP contribution in [0.4, 0.5) is 5.69 Å². The van der Waals surface area contributed by atoms with Gasteiger partial charge in [0.2, 0.25) is 5.91 Å². The Morgan fingerprint density at radius 2 is 1.93 bits per heavy atom. The number of benzene rings is 1.